The summed E-state index contributed by atoms with van der Waals surface area (Å²) in [6, 6.07) is 22.4. The second kappa shape index (κ2) is 8.93. The number of hydrogen-bond acceptors (Lipinski definition) is 4. The Bertz CT molecular complexity index is 1260. The highest BCUT2D eigenvalue weighted by Gasteiger charge is 2.22. The van der Waals surface area contributed by atoms with Crippen LogP contribution in [0.1, 0.15) is 27.4 Å². The molecule has 0 aliphatic heterocycles. The summed E-state index contributed by atoms with van der Waals surface area (Å²) in [4.78, 5) is 29.0. The van der Waals surface area contributed by atoms with Crippen LogP contribution in [0.4, 0.5) is 11.4 Å². The molecule has 1 amide bonds. The lowest BCUT2D eigenvalue weighted by atomic mass is 9.91. The molecule has 0 bridgehead atoms. The molecule has 4 rings (SSSR count). The van der Waals surface area contributed by atoms with Crippen LogP contribution in [0.2, 0.25) is 0 Å². The van der Waals surface area contributed by atoms with Gasteiger partial charge in [0.25, 0.3) is 11.6 Å². The molecule has 1 atom stereocenters. The van der Waals surface area contributed by atoms with Gasteiger partial charge in [0.15, 0.2) is 0 Å². The molecule has 0 fully saturated rings. The second-order valence-electron chi connectivity index (χ2n) is 7.82. The minimum Gasteiger partial charge on any atom is -0.377 e. The molecule has 0 radical (unpaired) electrons. The van der Waals surface area contributed by atoms with E-state index in [1.165, 1.54) is 12.1 Å². The lowest BCUT2D eigenvalue weighted by Crippen LogP contribution is -2.30. The molecule has 4 aromatic rings. The number of amides is 1. The van der Waals surface area contributed by atoms with Crippen molar-refractivity contribution in [1.82, 2.24) is 10.3 Å². The number of nitro groups is 1. The zero-order valence-corrected chi connectivity index (χ0v) is 17.9. The Morgan fingerprint density at radius 1 is 1.06 bits per heavy atom. The van der Waals surface area contributed by atoms with Crippen molar-refractivity contribution in [3.05, 3.63) is 106 Å². The number of nitrogens with zero attached hydrogens (tertiary/aromatic N) is 2. The second-order valence-corrected chi connectivity index (χ2v) is 7.82. The number of fused-ring (bicyclic) bond motifs is 1. The molecule has 0 saturated carbocycles. The van der Waals surface area contributed by atoms with E-state index in [-0.39, 0.29) is 23.1 Å². The lowest BCUT2D eigenvalue weighted by Gasteiger charge is -2.20. The first kappa shape index (κ1) is 21.1. The van der Waals surface area contributed by atoms with E-state index in [1.807, 2.05) is 54.7 Å². The molecule has 1 heterocycles. The molecule has 7 heteroatoms. The fourth-order valence-electron chi connectivity index (χ4n) is 3.97. The van der Waals surface area contributed by atoms with Gasteiger partial charge in [-0.2, -0.15) is 0 Å². The van der Waals surface area contributed by atoms with E-state index in [2.05, 4.69) is 16.4 Å². The Morgan fingerprint density at radius 2 is 1.78 bits per heavy atom. The average molecular weight is 428 g/mol. The third-order valence-corrected chi connectivity index (χ3v) is 5.58. The summed E-state index contributed by atoms with van der Waals surface area (Å²) in [5, 5.41) is 15.4. The summed E-state index contributed by atoms with van der Waals surface area (Å²) in [6.45, 7) is 0.347. The number of rotatable bonds is 7. The van der Waals surface area contributed by atoms with Gasteiger partial charge in [-0.05, 0) is 23.3 Å². The van der Waals surface area contributed by atoms with Crippen molar-refractivity contribution in [3.63, 3.8) is 0 Å². The zero-order valence-electron chi connectivity index (χ0n) is 17.9. The lowest BCUT2D eigenvalue weighted by molar-refractivity contribution is -0.384. The van der Waals surface area contributed by atoms with Gasteiger partial charge in [-0.25, -0.2) is 0 Å². The molecule has 162 valence electrons. The van der Waals surface area contributed by atoms with Gasteiger partial charge in [0, 0.05) is 61.5 Å². The van der Waals surface area contributed by atoms with E-state index in [0.717, 1.165) is 22.0 Å². The Morgan fingerprint density at radius 3 is 2.50 bits per heavy atom. The topological polar surface area (TPSA) is 91.3 Å². The first-order valence-electron chi connectivity index (χ1n) is 10.3. The van der Waals surface area contributed by atoms with Crippen LogP contribution < -0.4 is 10.2 Å². The number of carbonyl (C=O) groups excluding carboxylic acids is 1. The van der Waals surface area contributed by atoms with Gasteiger partial charge in [-0.1, -0.05) is 48.5 Å². The molecule has 0 aliphatic rings. The van der Waals surface area contributed by atoms with E-state index in [9.17, 15) is 14.9 Å². The van der Waals surface area contributed by atoms with Gasteiger partial charge in [-0.3, -0.25) is 14.9 Å². The number of non-ortho nitro benzene ring substituents is 1. The molecular formula is C25H24N4O3. The number of nitrogens with one attached hydrogen (secondary N) is 2. The molecule has 1 unspecified atom stereocenters. The van der Waals surface area contributed by atoms with Crippen molar-refractivity contribution in [2.45, 2.75) is 5.92 Å². The number of hydrogen-bond donors (Lipinski definition) is 2. The third kappa shape index (κ3) is 4.18. The number of benzene rings is 3. The average Bonchev–Trinajstić information content (AvgIpc) is 3.23. The number of para-hydroxylation sites is 1. The van der Waals surface area contributed by atoms with Crippen molar-refractivity contribution in [3.8, 4) is 0 Å². The third-order valence-electron chi connectivity index (χ3n) is 5.58. The van der Waals surface area contributed by atoms with Crippen LogP contribution in [0, 0.1) is 10.1 Å². The standard InChI is InChI=1S/C25H24N4O3/c1-28(2)24-13-12-18(29(31)32)14-20(24)25(30)27-15-21(17-8-4-3-5-9-17)22-16-26-23-11-7-6-10-19(22)23/h3-14,16,21,26H,15H2,1-2H3,(H,27,30). The summed E-state index contributed by atoms with van der Waals surface area (Å²) < 4.78 is 0. The van der Waals surface area contributed by atoms with E-state index in [4.69, 9.17) is 0 Å². The minimum absolute atomic E-state index is 0.0854. The number of aromatic amines is 1. The quantitative estimate of drug-likeness (QED) is 0.330. The van der Waals surface area contributed by atoms with E-state index < -0.39 is 4.92 Å². The van der Waals surface area contributed by atoms with Crippen LogP contribution >= 0.6 is 0 Å². The minimum atomic E-state index is -0.491. The Kier molecular flexibility index (Phi) is 5.89. The highest BCUT2D eigenvalue weighted by Crippen LogP contribution is 2.31. The summed E-state index contributed by atoms with van der Waals surface area (Å²) in [6.07, 6.45) is 1.98. The van der Waals surface area contributed by atoms with E-state index in [1.54, 1.807) is 25.1 Å². The number of carbonyl (C=O) groups is 1. The maximum Gasteiger partial charge on any atom is 0.270 e. The normalized spacial score (nSPS) is 11.8. The number of nitro benzene ring substituents is 1. The molecule has 7 nitrogen and oxygen atoms in total. The number of aromatic nitrogens is 1. The summed E-state index contributed by atoms with van der Waals surface area (Å²) in [5.41, 5.74) is 3.97. The predicted octanol–water partition coefficient (Wildman–Crippen LogP) is 4.70. The summed E-state index contributed by atoms with van der Waals surface area (Å²) in [7, 11) is 3.60. The fourth-order valence-corrected chi connectivity index (χ4v) is 3.97. The van der Waals surface area contributed by atoms with E-state index >= 15 is 0 Å². The van der Waals surface area contributed by atoms with Crippen LogP contribution in [0.5, 0.6) is 0 Å². The number of anilines is 1. The summed E-state index contributed by atoms with van der Waals surface area (Å²) >= 11 is 0. The largest absolute Gasteiger partial charge is 0.377 e. The molecule has 32 heavy (non-hydrogen) atoms. The molecule has 0 aliphatic carbocycles. The van der Waals surface area contributed by atoms with Gasteiger partial charge < -0.3 is 15.2 Å². The molecule has 0 spiro atoms. The van der Waals surface area contributed by atoms with Crippen molar-refractivity contribution in [1.29, 1.82) is 0 Å². The highest BCUT2D eigenvalue weighted by atomic mass is 16.6. The molecule has 3 aromatic carbocycles. The van der Waals surface area contributed by atoms with Crippen LogP contribution in [0.3, 0.4) is 0 Å². The fraction of sp³-hybridized carbons (Fsp3) is 0.160. The predicted molar refractivity (Wildman–Crippen MR) is 126 cm³/mol. The Hall–Kier alpha value is -4.13. The smallest absolute Gasteiger partial charge is 0.270 e. The SMILES string of the molecule is CN(C)c1ccc([N+](=O)[O-])cc1C(=O)NCC(c1ccccc1)c1c[nH]c2ccccc12. The van der Waals surface area contributed by atoms with Gasteiger partial charge >= 0.3 is 0 Å². The molecule has 1 aromatic heterocycles. The molecular weight excluding hydrogens is 404 g/mol. The van der Waals surface area contributed by atoms with Crippen LogP contribution in [0.25, 0.3) is 10.9 Å². The van der Waals surface area contributed by atoms with E-state index in [0.29, 0.717) is 12.2 Å². The Labute approximate surface area is 185 Å². The molecule has 0 saturated heterocycles. The highest BCUT2D eigenvalue weighted by molar-refractivity contribution is 6.00. The first-order chi connectivity index (χ1) is 15.5. The van der Waals surface area contributed by atoms with Crippen molar-refractivity contribution in [2.24, 2.45) is 0 Å². The van der Waals surface area contributed by atoms with Crippen LogP contribution in [-0.2, 0) is 0 Å². The maximum absolute atomic E-state index is 13.1. The first-order valence-corrected chi connectivity index (χ1v) is 10.3. The zero-order chi connectivity index (χ0) is 22.7. The summed E-state index contributed by atoms with van der Waals surface area (Å²) in [5.74, 6) is -0.434. The van der Waals surface area contributed by atoms with Crippen molar-refractivity contribution in [2.75, 3.05) is 25.5 Å². The van der Waals surface area contributed by atoms with Crippen molar-refractivity contribution >= 4 is 28.2 Å². The van der Waals surface area contributed by atoms with Gasteiger partial charge in [-0.15, -0.1) is 0 Å². The van der Waals surface area contributed by atoms with Gasteiger partial charge in [0.05, 0.1) is 10.5 Å². The maximum atomic E-state index is 13.1. The molecule has 2 N–H and O–H groups in total. The van der Waals surface area contributed by atoms with Gasteiger partial charge in [0.1, 0.15) is 0 Å². The monoisotopic (exact) mass is 428 g/mol. The van der Waals surface area contributed by atoms with Crippen molar-refractivity contribution < 1.29 is 9.72 Å². The van der Waals surface area contributed by atoms with Crippen LogP contribution in [0.15, 0.2) is 79.0 Å². The van der Waals surface area contributed by atoms with Crippen LogP contribution in [-0.4, -0.2) is 36.5 Å². The van der Waals surface area contributed by atoms with Gasteiger partial charge in [0.2, 0.25) is 0 Å². The Balaban J connectivity index is 1.67. The number of H-pyrrole nitrogens is 1.